The molecule has 0 saturated heterocycles. The molecular weight excluding hydrogens is 240 g/mol. The van der Waals surface area contributed by atoms with Crippen LogP contribution in [-0.2, 0) is 20.1 Å². The fraction of sp³-hybridized carbons (Fsp3) is 0.286. The minimum Gasteiger partial charge on any atom is -0.347 e. The van der Waals surface area contributed by atoms with Crippen LogP contribution < -0.4 is 11.1 Å². The average Bonchev–Trinajstić information content (AvgIpc) is 2.75. The molecule has 5 nitrogen and oxygen atoms in total. The molecule has 0 saturated carbocycles. The highest BCUT2D eigenvalue weighted by molar-refractivity contribution is 5.92. The molecule has 2 rings (SSSR count). The van der Waals surface area contributed by atoms with Crippen LogP contribution in [0, 0.1) is 6.92 Å². The van der Waals surface area contributed by atoms with Crippen molar-refractivity contribution in [3.63, 3.8) is 0 Å². The van der Waals surface area contributed by atoms with Gasteiger partial charge in [-0.1, -0.05) is 24.3 Å². The summed E-state index contributed by atoms with van der Waals surface area (Å²) in [6.45, 7) is 2.89. The van der Waals surface area contributed by atoms with E-state index < -0.39 is 0 Å². The van der Waals surface area contributed by atoms with Crippen LogP contribution in [0.25, 0.3) is 0 Å². The first-order valence-corrected chi connectivity index (χ1v) is 6.17. The van der Waals surface area contributed by atoms with Crippen molar-refractivity contribution in [1.82, 2.24) is 15.1 Å². The Hall–Kier alpha value is -2.14. The second kappa shape index (κ2) is 5.67. The normalized spacial score (nSPS) is 10.5. The topological polar surface area (TPSA) is 72.9 Å². The van der Waals surface area contributed by atoms with E-state index in [4.69, 9.17) is 5.73 Å². The number of nitrogens with one attached hydrogen (secondary N) is 1. The number of hydrogen-bond donors (Lipinski definition) is 2. The predicted octanol–water partition coefficient (Wildman–Crippen LogP) is 1.12. The predicted molar refractivity (Wildman–Crippen MR) is 73.4 cm³/mol. The molecule has 1 aromatic heterocycles. The van der Waals surface area contributed by atoms with Crippen LogP contribution in [0.15, 0.2) is 30.3 Å². The third kappa shape index (κ3) is 3.20. The smallest absolute Gasteiger partial charge is 0.269 e. The van der Waals surface area contributed by atoms with Crippen molar-refractivity contribution in [3.05, 3.63) is 52.8 Å². The van der Waals surface area contributed by atoms with Gasteiger partial charge in [-0.15, -0.1) is 0 Å². The first kappa shape index (κ1) is 13.3. The first-order chi connectivity index (χ1) is 9.10. The van der Waals surface area contributed by atoms with Crippen molar-refractivity contribution in [3.8, 4) is 0 Å². The van der Waals surface area contributed by atoms with Crippen LogP contribution in [0.3, 0.4) is 0 Å². The molecule has 0 aliphatic heterocycles. The van der Waals surface area contributed by atoms with Crippen molar-refractivity contribution >= 4 is 5.91 Å². The molecule has 3 N–H and O–H groups in total. The van der Waals surface area contributed by atoms with E-state index in [0.717, 1.165) is 16.8 Å². The summed E-state index contributed by atoms with van der Waals surface area (Å²) in [7, 11) is 1.76. The molecule has 0 spiro atoms. The number of rotatable bonds is 4. The molecular formula is C14H18N4O. The zero-order valence-corrected chi connectivity index (χ0v) is 11.2. The molecule has 100 valence electrons. The van der Waals surface area contributed by atoms with Gasteiger partial charge in [0.2, 0.25) is 0 Å². The van der Waals surface area contributed by atoms with Gasteiger partial charge in [0, 0.05) is 20.1 Å². The number of amides is 1. The summed E-state index contributed by atoms with van der Waals surface area (Å²) < 4.78 is 1.59. The molecule has 0 radical (unpaired) electrons. The van der Waals surface area contributed by atoms with Crippen molar-refractivity contribution < 1.29 is 4.79 Å². The third-order valence-electron chi connectivity index (χ3n) is 2.95. The first-order valence-electron chi connectivity index (χ1n) is 6.17. The number of aromatic nitrogens is 2. The van der Waals surface area contributed by atoms with Gasteiger partial charge in [0.05, 0.1) is 5.69 Å². The van der Waals surface area contributed by atoms with Gasteiger partial charge in [0.25, 0.3) is 5.91 Å². The highest BCUT2D eigenvalue weighted by atomic mass is 16.2. The van der Waals surface area contributed by atoms with Crippen molar-refractivity contribution in [2.75, 3.05) is 0 Å². The highest BCUT2D eigenvalue weighted by Gasteiger charge is 2.10. The Kier molecular flexibility index (Phi) is 3.97. The van der Waals surface area contributed by atoms with E-state index in [1.165, 1.54) is 0 Å². The van der Waals surface area contributed by atoms with Crippen LogP contribution in [0.4, 0.5) is 0 Å². The largest absolute Gasteiger partial charge is 0.347 e. The molecule has 0 atom stereocenters. The van der Waals surface area contributed by atoms with Gasteiger partial charge < -0.3 is 11.1 Å². The van der Waals surface area contributed by atoms with Crippen LogP contribution in [0.2, 0.25) is 0 Å². The molecule has 19 heavy (non-hydrogen) atoms. The maximum absolute atomic E-state index is 12.0. The number of hydrogen-bond acceptors (Lipinski definition) is 3. The van der Waals surface area contributed by atoms with E-state index in [2.05, 4.69) is 10.4 Å². The molecule has 0 fully saturated rings. The van der Waals surface area contributed by atoms with Gasteiger partial charge in [0.15, 0.2) is 0 Å². The Labute approximate surface area is 112 Å². The highest BCUT2D eigenvalue weighted by Crippen LogP contribution is 2.05. The molecule has 0 aliphatic carbocycles. The molecule has 1 aromatic carbocycles. The zero-order valence-electron chi connectivity index (χ0n) is 11.2. The lowest BCUT2D eigenvalue weighted by molar-refractivity contribution is 0.0941. The number of aryl methyl sites for hydroxylation is 2. The van der Waals surface area contributed by atoms with E-state index in [9.17, 15) is 4.79 Å². The summed E-state index contributed by atoms with van der Waals surface area (Å²) in [4.78, 5) is 12.0. The molecule has 1 amide bonds. The van der Waals surface area contributed by atoms with Crippen LogP contribution in [-0.4, -0.2) is 15.7 Å². The van der Waals surface area contributed by atoms with Crippen molar-refractivity contribution in [1.29, 1.82) is 0 Å². The van der Waals surface area contributed by atoms with Crippen LogP contribution in [0.1, 0.15) is 27.3 Å². The molecule has 0 unspecified atom stereocenters. The quantitative estimate of drug-likeness (QED) is 0.863. The third-order valence-corrected chi connectivity index (χ3v) is 2.95. The van der Waals surface area contributed by atoms with Gasteiger partial charge >= 0.3 is 0 Å². The van der Waals surface area contributed by atoms with E-state index >= 15 is 0 Å². The lowest BCUT2D eigenvalue weighted by atomic mass is 10.1. The zero-order chi connectivity index (χ0) is 13.8. The maximum atomic E-state index is 12.0. The second-order valence-electron chi connectivity index (χ2n) is 4.50. The number of nitrogens with two attached hydrogens (primary N) is 1. The Morgan fingerprint density at radius 3 is 2.47 bits per heavy atom. The maximum Gasteiger partial charge on any atom is 0.269 e. The van der Waals surface area contributed by atoms with E-state index in [-0.39, 0.29) is 5.91 Å². The minimum atomic E-state index is -0.119. The van der Waals surface area contributed by atoms with E-state index in [0.29, 0.717) is 18.8 Å². The molecule has 0 aliphatic rings. The lowest BCUT2D eigenvalue weighted by Gasteiger charge is -2.06. The average molecular weight is 258 g/mol. The van der Waals surface area contributed by atoms with Gasteiger partial charge in [-0.2, -0.15) is 5.10 Å². The van der Waals surface area contributed by atoms with Gasteiger partial charge in [0.1, 0.15) is 5.69 Å². The van der Waals surface area contributed by atoms with Crippen LogP contribution in [0.5, 0.6) is 0 Å². The SMILES string of the molecule is Cc1cc(C(=O)NCc2ccc(CN)cc2)n(C)n1. The number of benzene rings is 1. The Bertz CT molecular complexity index is 572. The second-order valence-corrected chi connectivity index (χ2v) is 4.50. The summed E-state index contributed by atoms with van der Waals surface area (Å²) in [5, 5.41) is 7.03. The van der Waals surface area contributed by atoms with Gasteiger partial charge in [-0.05, 0) is 24.1 Å². The van der Waals surface area contributed by atoms with Gasteiger partial charge in [-0.25, -0.2) is 0 Å². The van der Waals surface area contributed by atoms with Crippen molar-refractivity contribution in [2.24, 2.45) is 12.8 Å². The lowest BCUT2D eigenvalue weighted by Crippen LogP contribution is -2.25. The minimum absolute atomic E-state index is 0.119. The Morgan fingerprint density at radius 2 is 1.95 bits per heavy atom. The van der Waals surface area contributed by atoms with Gasteiger partial charge in [-0.3, -0.25) is 9.48 Å². The summed E-state index contributed by atoms with van der Waals surface area (Å²) in [6, 6.07) is 9.65. The van der Waals surface area contributed by atoms with Crippen LogP contribution >= 0.6 is 0 Å². The Balaban J connectivity index is 1.98. The van der Waals surface area contributed by atoms with Crippen molar-refractivity contribution in [2.45, 2.75) is 20.0 Å². The number of carbonyl (C=O) groups excluding carboxylic acids is 1. The Morgan fingerprint density at radius 1 is 1.32 bits per heavy atom. The fourth-order valence-corrected chi connectivity index (χ4v) is 1.89. The monoisotopic (exact) mass is 258 g/mol. The number of nitrogens with zero attached hydrogens (tertiary/aromatic N) is 2. The fourth-order valence-electron chi connectivity index (χ4n) is 1.89. The standard InChI is InChI=1S/C14H18N4O/c1-10-7-13(18(2)17-10)14(19)16-9-12-5-3-11(8-15)4-6-12/h3-7H,8-9,15H2,1-2H3,(H,16,19). The summed E-state index contributed by atoms with van der Waals surface area (Å²) in [6.07, 6.45) is 0. The van der Waals surface area contributed by atoms with E-state index in [1.54, 1.807) is 17.8 Å². The summed E-state index contributed by atoms with van der Waals surface area (Å²) in [5.41, 5.74) is 9.06. The molecule has 2 aromatic rings. The molecule has 1 heterocycles. The summed E-state index contributed by atoms with van der Waals surface area (Å²) >= 11 is 0. The summed E-state index contributed by atoms with van der Waals surface area (Å²) in [5.74, 6) is -0.119. The van der Waals surface area contributed by atoms with E-state index in [1.807, 2.05) is 31.2 Å². The molecule has 0 bridgehead atoms. The number of carbonyl (C=O) groups is 1. The molecule has 5 heteroatoms.